The van der Waals surface area contributed by atoms with Gasteiger partial charge in [0, 0.05) is 11.6 Å². The summed E-state index contributed by atoms with van der Waals surface area (Å²) in [5, 5.41) is 6.11. The topological polar surface area (TPSA) is 50.4 Å². The van der Waals surface area contributed by atoms with Gasteiger partial charge in [-0.15, -0.1) is 0 Å². The van der Waals surface area contributed by atoms with E-state index in [0.717, 1.165) is 19.3 Å². The Labute approximate surface area is 141 Å². The van der Waals surface area contributed by atoms with Crippen LogP contribution in [0.25, 0.3) is 0 Å². The van der Waals surface area contributed by atoms with E-state index in [9.17, 15) is 4.79 Å². The van der Waals surface area contributed by atoms with Gasteiger partial charge in [-0.3, -0.25) is 0 Å². The summed E-state index contributed by atoms with van der Waals surface area (Å²) in [6.45, 7) is 0.775. The Hall–Kier alpha value is -2.20. The summed E-state index contributed by atoms with van der Waals surface area (Å²) in [6, 6.07) is 17.1. The second kappa shape index (κ2) is 9.74. The van der Waals surface area contributed by atoms with Crippen LogP contribution in [-0.2, 0) is 6.42 Å². The Bertz CT molecular complexity index is 588. The molecule has 0 saturated heterocycles. The number of benzene rings is 2. The third kappa shape index (κ3) is 7.06. The summed E-state index contributed by atoms with van der Waals surface area (Å²) in [6.07, 6.45) is 3.02. The highest BCUT2D eigenvalue weighted by Gasteiger charge is 2.00. The summed E-state index contributed by atoms with van der Waals surface area (Å²) in [5.74, 6) is 0.664. The van der Waals surface area contributed by atoms with E-state index in [1.807, 2.05) is 18.2 Å². The zero-order chi connectivity index (χ0) is 16.3. The molecule has 2 aromatic rings. The molecule has 0 aromatic heterocycles. The Morgan fingerprint density at radius 3 is 2.43 bits per heavy atom. The van der Waals surface area contributed by atoms with Crippen LogP contribution in [0.2, 0.25) is 5.02 Å². The highest BCUT2D eigenvalue weighted by atomic mass is 35.5. The second-order valence-corrected chi connectivity index (χ2v) is 5.55. The van der Waals surface area contributed by atoms with Crippen molar-refractivity contribution in [3.8, 4) is 5.75 Å². The zero-order valence-corrected chi connectivity index (χ0v) is 13.7. The van der Waals surface area contributed by atoms with Crippen LogP contribution in [0.3, 0.4) is 0 Å². The predicted molar refractivity (Wildman–Crippen MR) is 92.9 cm³/mol. The Balaban J connectivity index is 1.51. The van der Waals surface area contributed by atoms with Gasteiger partial charge in [0.25, 0.3) is 0 Å². The van der Waals surface area contributed by atoms with Crippen molar-refractivity contribution in [2.45, 2.75) is 19.3 Å². The van der Waals surface area contributed by atoms with Crippen molar-refractivity contribution >= 4 is 17.6 Å². The largest absolute Gasteiger partial charge is 0.473 e. The summed E-state index contributed by atoms with van der Waals surface area (Å²) in [5.41, 5.74) is 1.33. The van der Waals surface area contributed by atoms with Gasteiger partial charge in [0.2, 0.25) is 0 Å². The maximum absolute atomic E-state index is 11.6. The van der Waals surface area contributed by atoms with Crippen molar-refractivity contribution < 1.29 is 9.53 Å². The summed E-state index contributed by atoms with van der Waals surface area (Å²) < 4.78 is 5.39. The summed E-state index contributed by atoms with van der Waals surface area (Å²) in [4.78, 5) is 11.6. The lowest BCUT2D eigenvalue weighted by atomic mass is 10.1. The fraction of sp³-hybridized carbons (Fsp3) is 0.278. The molecular formula is C18H21ClN2O2. The molecule has 5 heteroatoms. The van der Waals surface area contributed by atoms with E-state index in [-0.39, 0.29) is 12.8 Å². The fourth-order valence-electron chi connectivity index (χ4n) is 2.08. The maximum atomic E-state index is 11.6. The Morgan fingerprint density at radius 1 is 0.957 bits per heavy atom. The minimum atomic E-state index is -0.223. The lowest BCUT2D eigenvalue weighted by molar-refractivity contribution is 0.224. The molecule has 2 aromatic carbocycles. The molecule has 0 unspecified atom stereocenters. The predicted octanol–water partition coefficient (Wildman–Crippen LogP) is 4.00. The van der Waals surface area contributed by atoms with Crippen LogP contribution < -0.4 is 15.4 Å². The minimum Gasteiger partial charge on any atom is -0.473 e. The molecule has 23 heavy (non-hydrogen) atoms. The number of nitrogens with one attached hydrogen (secondary N) is 2. The molecule has 0 aliphatic rings. The third-order valence-corrected chi connectivity index (χ3v) is 3.56. The van der Waals surface area contributed by atoms with Crippen LogP contribution in [0.1, 0.15) is 18.4 Å². The van der Waals surface area contributed by atoms with E-state index in [0.29, 0.717) is 17.3 Å². The highest BCUT2D eigenvalue weighted by Crippen LogP contribution is 2.14. The highest BCUT2D eigenvalue weighted by molar-refractivity contribution is 6.30. The Kier molecular flexibility index (Phi) is 7.27. The molecule has 0 aliphatic carbocycles. The average molecular weight is 333 g/mol. The average Bonchev–Trinajstić information content (AvgIpc) is 2.57. The van der Waals surface area contributed by atoms with Gasteiger partial charge in [0.05, 0.1) is 0 Å². The lowest BCUT2D eigenvalue weighted by Gasteiger charge is -2.09. The second-order valence-electron chi connectivity index (χ2n) is 5.12. The van der Waals surface area contributed by atoms with Gasteiger partial charge in [-0.1, -0.05) is 41.9 Å². The van der Waals surface area contributed by atoms with Gasteiger partial charge < -0.3 is 15.4 Å². The normalized spacial score (nSPS) is 10.1. The van der Waals surface area contributed by atoms with Crippen molar-refractivity contribution in [1.82, 2.24) is 10.6 Å². The van der Waals surface area contributed by atoms with Crippen LogP contribution in [-0.4, -0.2) is 19.3 Å². The molecule has 0 aliphatic heterocycles. The first-order valence-corrected chi connectivity index (χ1v) is 8.06. The van der Waals surface area contributed by atoms with Gasteiger partial charge in [-0.25, -0.2) is 4.79 Å². The van der Waals surface area contributed by atoms with Gasteiger partial charge in [-0.2, -0.15) is 0 Å². The first-order chi connectivity index (χ1) is 11.2. The summed E-state index contributed by atoms with van der Waals surface area (Å²) >= 11 is 5.78. The van der Waals surface area contributed by atoms with Crippen LogP contribution in [0, 0.1) is 0 Å². The molecule has 0 spiro atoms. The SMILES string of the molecule is O=C(NCCCCc1ccccc1)NCOc1ccc(Cl)cc1. The number of amides is 2. The molecule has 0 bridgehead atoms. The molecular weight excluding hydrogens is 312 g/mol. The van der Waals surface area contributed by atoms with Crippen molar-refractivity contribution in [2.24, 2.45) is 0 Å². The molecule has 0 saturated carbocycles. The number of carbonyl (C=O) groups excluding carboxylic acids is 1. The number of rotatable bonds is 8. The van der Waals surface area contributed by atoms with E-state index >= 15 is 0 Å². The zero-order valence-electron chi connectivity index (χ0n) is 12.9. The Morgan fingerprint density at radius 2 is 1.70 bits per heavy atom. The minimum absolute atomic E-state index is 0.123. The standard InChI is InChI=1S/C18H21ClN2O2/c19-16-9-11-17(12-10-16)23-14-21-18(22)20-13-5-4-8-15-6-2-1-3-7-15/h1-3,6-7,9-12H,4-5,8,13-14H2,(H2,20,21,22). The van der Waals surface area contributed by atoms with Crippen LogP contribution >= 0.6 is 11.6 Å². The smallest absolute Gasteiger partial charge is 0.317 e. The van der Waals surface area contributed by atoms with E-state index in [2.05, 4.69) is 22.8 Å². The molecule has 122 valence electrons. The molecule has 2 rings (SSSR count). The van der Waals surface area contributed by atoms with Gasteiger partial charge in [0.15, 0.2) is 6.73 Å². The number of hydrogen-bond acceptors (Lipinski definition) is 2. The van der Waals surface area contributed by atoms with Crippen LogP contribution in [0.4, 0.5) is 4.79 Å². The number of halogens is 1. The number of hydrogen-bond donors (Lipinski definition) is 2. The van der Waals surface area contributed by atoms with Crippen molar-refractivity contribution in [3.63, 3.8) is 0 Å². The van der Waals surface area contributed by atoms with E-state index in [1.54, 1.807) is 24.3 Å². The first kappa shape index (κ1) is 17.2. The number of unbranched alkanes of at least 4 members (excludes halogenated alkanes) is 1. The van der Waals surface area contributed by atoms with Gasteiger partial charge in [-0.05, 0) is 49.1 Å². The molecule has 0 atom stereocenters. The number of urea groups is 1. The molecule has 0 fully saturated rings. The van der Waals surface area contributed by atoms with Crippen molar-refractivity contribution in [1.29, 1.82) is 0 Å². The van der Waals surface area contributed by atoms with Crippen LogP contribution in [0.15, 0.2) is 54.6 Å². The van der Waals surface area contributed by atoms with E-state index in [1.165, 1.54) is 5.56 Å². The first-order valence-electron chi connectivity index (χ1n) is 7.68. The van der Waals surface area contributed by atoms with Crippen molar-refractivity contribution in [3.05, 3.63) is 65.2 Å². The van der Waals surface area contributed by atoms with E-state index in [4.69, 9.17) is 16.3 Å². The monoisotopic (exact) mass is 332 g/mol. The van der Waals surface area contributed by atoms with Crippen LogP contribution in [0.5, 0.6) is 5.75 Å². The number of ether oxygens (including phenoxy) is 1. The van der Waals surface area contributed by atoms with Crippen molar-refractivity contribution in [2.75, 3.05) is 13.3 Å². The fourth-order valence-corrected chi connectivity index (χ4v) is 2.20. The molecule has 4 nitrogen and oxygen atoms in total. The molecule has 0 heterocycles. The summed E-state index contributed by atoms with van der Waals surface area (Å²) in [7, 11) is 0. The number of aryl methyl sites for hydroxylation is 1. The molecule has 0 radical (unpaired) electrons. The quantitative estimate of drug-likeness (QED) is 0.567. The lowest BCUT2D eigenvalue weighted by Crippen LogP contribution is -2.38. The third-order valence-electron chi connectivity index (χ3n) is 3.31. The van der Waals surface area contributed by atoms with Gasteiger partial charge >= 0.3 is 6.03 Å². The van der Waals surface area contributed by atoms with E-state index < -0.39 is 0 Å². The molecule has 2 N–H and O–H groups in total. The maximum Gasteiger partial charge on any atom is 0.317 e. The number of carbonyl (C=O) groups is 1. The molecule has 2 amide bonds. The van der Waals surface area contributed by atoms with Gasteiger partial charge in [0.1, 0.15) is 5.75 Å².